The number of anilines is 1. The van der Waals surface area contributed by atoms with Crippen molar-refractivity contribution in [2.24, 2.45) is 0 Å². The van der Waals surface area contributed by atoms with Crippen LogP contribution in [-0.2, 0) is 26.2 Å². The van der Waals surface area contributed by atoms with Crippen LogP contribution in [0.15, 0.2) is 83.8 Å². The Hall–Kier alpha value is -3.36. The number of benzene rings is 3. The summed E-state index contributed by atoms with van der Waals surface area (Å²) in [7, 11) is -4.13. The van der Waals surface area contributed by atoms with Gasteiger partial charge in [-0.1, -0.05) is 92.4 Å². The summed E-state index contributed by atoms with van der Waals surface area (Å²) in [6.45, 7) is 3.38. The SMILES string of the molecule is CCC(C(=O)NC1CCCCC1)N(Cc1ccccc1)C(=O)CN(c1ccc(C)c(Cl)c1)S(=O)(=O)c1ccccc1. The van der Waals surface area contributed by atoms with Crippen molar-refractivity contribution in [2.45, 2.75) is 75.9 Å². The maximum absolute atomic E-state index is 14.2. The highest BCUT2D eigenvalue weighted by atomic mass is 35.5. The van der Waals surface area contributed by atoms with Gasteiger partial charge in [0.25, 0.3) is 10.0 Å². The first-order chi connectivity index (χ1) is 19.7. The van der Waals surface area contributed by atoms with Gasteiger partial charge in [0.15, 0.2) is 0 Å². The van der Waals surface area contributed by atoms with Gasteiger partial charge < -0.3 is 10.2 Å². The second-order valence-corrected chi connectivity index (χ2v) is 12.8. The van der Waals surface area contributed by atoms with Gasteiger partial charge in [0.2, 0.25) is 11.8 Å². The molecule has 0 spiro atoms. The Bertz CT molecular complexity index is 1430. The topological polar surface area (TPSA) is 86.8 Å². The van der Waals surface area contributed by atoms with Gasteiger partial charge in [-0.25, -0.2) is 8.42 Å². The van der Waals surface area contributed by atoms with E-state index in [1.807, 2.05) is 44.2 Å². The molecule has 41 heavy (non-hydrogen) atoms. The van der Waals surface area contributed by atoms with Gasteiger partial charge in [-0.15, -0.1) is 0 Å². The molecule has 0 saturated heterocycles. The van der Waals surface area contributed by atoms with E-state index >= 15 is 0 Å². The third-order valence-electron chi connectivity index (χ3n) is 7.59. The van der Waals surface area contributed by atoms with Crippen molar-refractivity contribution in [3.63, 3.8) is 0 Å². The van der Waals surface area contributed by atoms with E-state index in [9.17, 15) is 18.0 Å². The molecule has 0 radical (unpaired) electrons. The Balaban J connectivity index is 1.70. The number of nitrogens with one attached hydrogen (secondary N) is 1. The molecule has 1 unspecified atom stereocenters. The zero-order valence-corrected chi connectivity index (χ0v) is 25.2. The van der Waals surface area contributed by atoms with Crippen LogP contribution in [0.5, 0.6) is 0 Å². The van der Waals surface area contributed by atoms with Gasteiger partial charge in [0.1, 0.15) is 12.6 Å². The molecule has 1 fully saturated rings. The predicted octanol–water partition coefficient (Wildman–Crippen LogP) is 6.10. The number of halogens is 1. The summed E-state index contributed by atoms with van der Waals surface area (Å²) < 4.78 is 28.9. The van der Waals surface area contributed by atoms with Gasteiger partial charge in [0.05, 0.1) is 10.6 Å². The van der Waals surface area contributed by atoms with Crippen molar-refractivity contribution in [3.05, 3.63) is 95.0 Å². The van der Waals surface area contributed by atoms with E-state index in [0.717, 1.165) is 47.5 Å². The van der Waals surface area contributed by atoms with Gasteiger partial charge in [-0.2, -0.15) is 0 Å². The number of sulfonamides is 1. The zero-order chi connectivity index (χ0) is 29.4. The smallest absolute Gasteiger partial charge is 0.264 e. The lowest BCUT2D eigenvalue weighted by molar-refractivity contribution is -0.140. The molecule has 0 aliphatic heterocycles. The molecule has 1 saturated carbocycles. The van der Waals surface area contributed by atoms with E-state index in [4.69, 9.17) is 11.6 Å². The average Bonchev–Trinajstić information content (AvgIpc) is 2.98. The number of hydrogen-bond acceptors (Lipinski definition) is 4. The molecule has 1 N–H and O–H groups in total. The van der Waals surface area contributed by atoms with Crippen LogP contribution < -0.4 is 9.62 Å². The molecule has 0 heterocycles. The van der Waals surface area contributed by atoms with Crippen LogP contribution in [0.4, 0.5) is 5.69 Å². The van der Waals surface area contributed by atoms with Crippen molar-refractivity contribution >= 4 is 39.1 Å². The Kier molecular flexibility index (Phi) is 10.5. The first-order valence-corrected chi connectivity index (χ1v) is 16.0. The van der Waals surface area contributed by atoms with Gasteiger partial charge in [-0.05, 0) is 61.6 Å². The number of nitrogens with zero attached hydrogens (tertiary/aromatic N) is 2. The molecular formula is C32H38ClN3O4S. The van der Waals surface area contributed by atoms with Crippen molar-refractivity contribution in [3.8, 4) is 0 Å². The largest absolute Gasteiger partial charge is 0.352 e. The summed E-state index contributed by atoms with van der Waals surface area (Å²) in [5.74, 6) is -0.685. The van der Waals surface area contributed by atoms with Crippen molar-refractivity contribution in [1.29, 1.82) is 0 Å². The number of amides is 2. The minimum absolute atomic E-state index is 0.0567. The Morgan fingerprint density at radius 3 is 2.20 bits per heavy atom. The first-order valence-electron chi connectivity index (χ1n) is 14.2. The Morgan fingerprint density at radius 2 is 1.59 bits per heavy atom. The third-order valence-corrected chi connectivity index (χ3v) is 9.78. The number of carbonyl (C=O) groups is 2. The lowest BCUT2D eigenvalue weighted by Crippen LogP contribution is -2.54. The molecule has 2 amide bonds. The van der Waals surface area contributed by atoms with Crippen LogP contribution >= 0.6 is 11.6 Å². The highest BCUT2D eigenvalue weighted by molar-refractivity contribution is 7.92. The number of hydrogen-bond donors (Lipinski definition) is 1. The average molecular weight is 596 g/mol. The molecule has 218 valence electrons. The summed E-state index contributed by atoms with van der Waals surface area (Å²) in [6.07, 6.45) is 5.54. The van der Waals surface area contributed by atoms with Crippen LogP contribution in [0.1, 0.15) is 56.6 Å². The molecule has 3 aromatic carbocycles. The van der Waals surface area contributed by atoms with Crippen molar-refractivity contribution < 1.29 is 18.0 Å². The predicted molar refractivity (Wildman–Crippen MR) is 163 cm³/mol. The second-order valence-electron chi connectivity index (χ2n) is 10.5. The molecule has 7 nitrogen and oxygen atoms in total. The third kappa shape index (κ3) is 7.68. The quantitative estimate of drug-likeness (QED) is 0.290. The maximum Gasteiger partial charge on any atom is 0.264 e. The molecule has 4 rings (SSSR count). The van der Waals surface area contributed by atoms with Crippen molar-refractivity contribution in [1.82, 2.24) is 10.2 Å². The summed E-state index contributed by atoms with van der Waals surface area (Å²) in [5.41, 5.74) is 1.91. The van der Waals surface area contributed by atoms with Crippen LogP contribution in [0.3, 0.4) is 0 Å². The van der Waals surface area contributed by atoms with E-state index in [1.165, 1.54) is 17.0 Å². The fourth-order valence-electron chi connectivity index (χ4n) is 5.23. The van der Waals surface area contributed by atoms with E-state index in [-0.39, 0.29) is 29.1 Å². The lowest BCUT2D eigenvalue weighted by Gasteiger charge is -2.34. The number of rotatable bonds is 11. The molecule has 9 heteroatoms. The monoisotopic (exact) mass is 595 g/mol. The molecular weight excluding hydrogens is 558 g/mol. The summed E-state index contributed by atoms with van der Waals surface area (Å²) >= 11 is 6.40. The number of carbonyl (C=O) groups excluding carboxylic acids is 2. The molecule has 3 aromatic rings. The fraction of sp³-hybridized carbons (Fsp3) is 0.375. The van der Waals surface area contributed by atoms with Gasteiger partial charge in [-0.3, -0.25) is 13.9 Å². The van der Waals surface area contributed by atoms with E-state index in [1.54, 1.807) is 36.4 Å². The molecule has 1 aliphatic rings. The van der Waals surface area contributed by atoms with Crippen LogP contribution in [0, 0.1) is 6.92 Å². The highest BCUT2D eigenvalue weighted by Crippen LogP contribution is 2.29. The fourth-order valence-corrected chi connectivity index (χ4v) is 6.83. The first kappa shape index (κ1) is 30.6. The summed E-state index contributed by atoms with van der Waals surface area (Å²) in [5, 5.41) is 3.56. The van der Waals surface area contributed by atoms with Crippen LogP contribution in [-0.4, -0.2) is 43.8 Å². The van der Waals surface area contributed by atoms with E-state index in [0.29, 0.717) is 11.4 Å². The maximum atomic E-state index is 14.2. The zero-order valence-electron chi connectivity index (χ0n) is 23.6. The normalized spacial score (nSPS) is 14.7. The van der Waals surface area contributed by atoms with E-state index < -0.39 is 28.5 Å². The van der Waals surface area contributed by atoms with Gasteiger partial charge >= 0.3 is 0 Å². The van der Waals surface area contributed by atoms with Gasteiger partial charge in [0, 0.05) is 17.6 Å². The molecule has 1 atom stereocenters. The standard InChI is InChI=1S/C32H38ClN3O4S/c1-3-30(32(38)34-26-15-9-5-10-16-26)35(22-25-13-7-4-8-14-25)31(37)23-36(27-20-19-24(2)29(33)21-27)41(39,40)28-17-11-6-12-18-28/h4,6-8,11-14,17-21,26,30H,3,5,9-10,15-16,22-23H2,1-2H3,(H,34,38). The Morgan fingerprint density at radius 1 is 0.951 bits per heavy atom. The molecule has 0 bridgehead atoms. The van der Waals surface area contributed by atoms with E-state index in [2.05, 4.69) is 5.32 Å². The van der Waals surface area contributed by atoms with Crippen LogP contribution in [0.2, 0.25) is 5.02 Å². The summed E-state index contributed by atoms with van der Waals surface area (Å²) in [4.78, 5) is 29.3. The molecule has 0 aromatic heterocycles. The molecule has 1 aliphatic carbocycles. The van der Waals surface area contributed by atoms with Crippen molar-refractivity contribution in [2.75, 3.05) is 10.8 Å². The summed E-state index contributed by atoms with van der Waals surface area (Å²) in [6, 6.07) is 21.7. The second kappa shape index (κ2) is 14.0. The minimum atomic E-state index is -4.13. The van der Waals surface area contributed by atoms with Crippen LogP contribution in [0.25, 0.3) is 0 Å². The number of aryl methyl sites for hydroxylation is 1. The highest BCUT2D eigenvalue weighted by Gasteiger charge is 2.34. The Labute approximate surface area is 248 Å². The lowest BCUT2D eigenvalue weighted by atomic mass is 9.95. The minimum Gasteiger partial charge on any atom is -0.352 e.